The first-order chi connectivity index (χ1) is 13.2. The third-order valence-electron chi connectivity index (χ3n) is 5.47. The van der Waals surface area contributed by atoms with Gasteiger partial charge in [0.25, 0.3) is 0 Å². The minimum atomic E-state index is 0.169. The number of carbonyl (C=O) groups excluding carboxylic acids is 1. The van der Waals surface area contributed by atoms with Gasteiger partial charge in [0.2, 0.25) is 5.91 Å². The van der Waals surface area contributed by atoms with Crippen molar-refractivity contribution in [2.24, 2.45) is 0 Å². The van der Waals surface area contributed by atoms with Crippen LogP contribution in [0.2, 0.25) is 0 Å². The van der Waals surface area contributed by atoms with E-state index in [-0.39, 0.29) is 5.91 Å². The van der Waals surface area contributed by atoms with E-state index in [0.29, 0.717) is 6.04 Å². The van der Waals surface area contributed by atoms with Gasteiger partial charge >= 0.3 is 0 Å². The molecule has 140 valence electrons. The maximum atomic E-state index is 11.7. The summed E-state index contributed by atoms with van der Waals surface area (Å²) >= 11 is 0. The van der Waals surface area contributed by atoms with Crippen molar-refractivity contribution >= 4 is 16.9 Å². The van der Waals surface area contributed by atoms with Gasteiger partial charge in [-0.15, -0.1) is 0 Å². The molecule has 4 rings (SSSR count). The molecule has 2 aromatic carbocycles. The quantitative estimate of drug-likeness (QED) is 0.708. The van der Waals surface area contributed by atoms with Gasteiger partial charge in [0.1, 0.15) is 11.6 Å². The smallest absolute Gasteiger partial charge is 0.219 e. The van der Waals surface area contributed by atoms with Crippen LogP contribution in [0.5, 0.6) is 5.75 Å². The van der Waals surface area contributed by atoms with Crippen LogP contribution < -0.4 is 4.74 Å². The number of benzene rings is 2. The minimum absolute atomic E-state index is 0.169. The van der Waals surface area contributed by atoms with Crippen LogP contribution in [0.1, 0.15) is 37.2 Å². The summed E-state index contributed by atoms with van der Waals surface area (Å²) in [5.74, 6) is 2.12. The number of hydrogen-bond donors (Lipinski definition) is 0. The predicted molar refractivity (Wildman–Crippen MR) is 106 cm³/mol. The second kappa shape index (κ2) is 7.43. The zero-order valence-electron chi connectivity index (χ0n) is 15.9. The van der Waals surface area contributed by atoms with Gasteiger partial charge in [-0.25, -0.2) is 4.98 Å². The van der Waals surface area contributed by atoms with Crippen LogP contribution in [0, 0.1) is 0 Å². The predicted octanol–water partition coefficient (Wildman–Crippen LogP) is 3.82. The van der Waals surface area contributed by atoms with Crippen molar-refractivity contribution in [2.75, 3.05) is 20.2 Å². The van der Waals surface area contributed by atoms with E-state index in [1.54, 1.807) is 14.0 Å². The molecule has 3 aromatic rings. The molecule has 0 radical (unpaired) electrons. The molecular weight excluding hydrogens is 338 g/mol. The third-order valence-corrected chi connectivity index (χ3v) is 5.47. The van der Waals surface area contributed by atoms with Crippen LogP contribution in [-0.2, 0) is 11.2 Å². The van der Waals surface area contributed by atoms with Crippen LogP contribution in [0.3, 0.4) is 0 Å². The van der Waals surface area contributed by atoms with E-state index in [1.165, 1.54) is 11.1 Å². The number of piperidine rings is 1. The lowest BCUT2D eigenvalue weighted by molar-refractivity contribution is -0.130. The number of fused-ring (bicyclic) bond motifs is 1. The van der Waals surface area contributed by atoms with Gasteiger partial charge in [-0.1, -0.05) is 24.3 Å². The molecule has 1 saturated heterocycles. The topological polar surface area (TPSA) is 47.4 Å². The molecule has 1 amide bonds. The lowest BCUT2D eigenvalue weighted by atomic mass is 10.0. The van der Waals surface area contributed by atoms with Gasteiger partial charge in [0.05, 0.1) is 18.1 Å². The molecule has 0 atom stereocenters. The van der Waals surface area contributed by atoms with Crippen LogP contribution in [-0.4, -0.2) is 40.6 Å². The van der Waals surface area contributed by atoms with Gasteiger partial charge in [-0.05, 0) is 42.7 Å². The lowest BCUT2D eigenvalue weighted by Gasteiger charge is -2.33. The molecule has 2 heterocycles. The molecule has 27 heavy (non-hydrogen) atoms. The van der Waals surface area contributed by atoms with Crippen molar-refractivity contribution in [1.29, 1.82) is 0 Å². The van der Waals surface area contributed by atoms with Crippen LogP contribution in [0.4, 0.5) is 0 Å². The summed E-state index contributed by atoms with van der Waals surface area (Å²) in [4.78, 5) is 18.5. The molecule has 0 N–H and O–H groups in total. The molecule has 1 aliphatic rings. The number of amides is 1. The molecule has 0 saturated carbocycles. The van der Waals surface area contributed by atoms with E-state index in [0.717, 1.165) is 49.4 Å². The lowest BCUT2D eigenvalue weighted by Crippen LogP contribution is -2.37. The van der Waals surface area contributed by atoms with Crippen molar-refractivity contribution in [3.05, 3.63) is 59.9 Å². The SMILES string of the molecule is COc1ccc(Cc2nc3ccccc3n2C2CCN(C(C)=O)CC2)cc1. The molecule has 0 spiro atoms. The molecule has 0 unspecified atom stereocenters. The molecule has 0 aliphatic carbocycles. The molecule has 1 aliphatic heterocycles. The fraction of sp³-hybridized carbons (Fsp3) is 0.364. The van der Waals surface area contributed by atoms with Gasteiger partial charge in [-0.3, -0.25) is 4.79 Å². The monoisotopic (exact) mass is 363 g/mol. The Morgan fingerprint density at radius 1 is 1.11 bits per heavy atom. The first kappa shape index (κ1) is 17.6. The number of likely N-dealkylation sites (tertiary alicyclic amines) is 1. The average Bonchev–Trinajstić information content (AvgIpc) is 3.06. The Bertz CT molecular complexity index is 938. The number of rotatable bonds is 4. The highest BCUT2D eigenvalue weighted by Crippen LogP contribution is 2.30. The first-order valence-electron chi connectivity index (χ1n) is 9.50. The summed E-state index contributed by atoms with van der Waals surface area (Å²) < 4.78 is 7.66. The molecule has 0 bridgehead atoms. The molecule has 1 fully saturated rings. The number of aromatic nitrogens is 2. The first-order valence-corrected chi connectivity index (χ1v) is 9.50. The Kier molecular flexibility index (Phi) is 4.84. The highest BCUT2D eigenvalue weighted by Gasteiger charge is 2.25. The van der Waals surface area contributed by atoms with Crippen molar-refractivity contribution < 1.29 is 9.53 Å². The highest BCUT2D eigenvalue weighted by molar-refractivity contribution is 5.76. The van der Waals surface area contributed by atoms with Crippen molar-refractivity contribution in [1.82, 2.24) is 14.5 Å². The van der Waals surface area contributed by atoms with E-state index >= 15 is 0 Å². The van der Waals surface area contributed by atoms with Crippen molar-refractivity contribution in [2.45, 2.75) is 32.2 Å². The average molecular weight is 363 g/mol. The maximum absolute atomic E-state index is 11.7. The third kappa shape index (κ3) is 3.54. The summed E-state index contributed by atoms with van der Waals surface area (Å²) in [6.45, 7) is 3.28. The number of methoxy groups -OCH3 is 1. The number of hydrogen-bond acceptors (Lipinski definition) is 3. The van der Waals surface area contributed by atoms with Crippen LogP contribution >= 0.6 is 0 Å². The fourth-order valence-electron chi connectivity index (χ4n) is 3.99. The van der Waals surface area contributed by atoms with E-state index in [2.05, 4.69) is 34.9 Å². The summed E-state index contributed by atoms with van der Waals surface area (Å²) in [6, 6.07) is 16.9. The number of carbonyl (C=O) groups is 1. The number of para-hydroxylation sites is 2. The fourth-order valence-corrected chi connectivity index (χ4v) is 3.99. The summed E-state index contributed by atoms with van der Waals surface area (Å²) in [6.07, 6.45) is 2.72. The number of nitrogens with zero attached hydrogens (tertiary/aromatic N) is 3. The Balaban J connectivity index is 1.66. The second-order valence-electron chi connectivity index (χ2n) is 7.15. The molecule has 5 nitrogen and oxygen atoms in total. The van der Waals surface area contributed by atoms with Crippen molar-refractivity contribution in [3.63, 3.8) is 0 Å². The summed E-state index contributed by atoms with van der Waals surface area (Å²) in [7, 11) is 1.68. The van der Waals surface area contributed by atoms with E-state index < -0.39 is 0 Å². The Morgan fingerprint density at radius 2 is 1.81 bits per heavy atom. The highest BCUT2D eigenvalue weighted by atomic mass is 16.5. The van der Waals surface area contributed by atoms with Gasteiger partial charge < -0.3 is 14.2 Å². The Hall–Kier alpha value is -2.82. The van der Waals surface area contributed by atoms with Gasteiger partial charge in [0, 0.05) is 32.5 Å². The minimum Gasteiger partial charge on any atom is -0.497 e. The van der Waals surface area contributed by atoms with Gasteiger partial charge in [-0.2, -0.15) is 0 Å². The molecular formula is C22H25N3O2. The maximum Gasteiger partial charge on any atom is 0.219 e. The number of imidazole rings is 1. The van der Waals surface area contributed by atoms with E-state index in [1.807, 2.05) is 23.1 Å². The Labute approximate surface area is 159 Å². The summed E-state index contributed by atoms with van der Waals surface area (Å²) in [5, 5.41) is 0. The van der Waals surface area contributed by atoms with Crippen LogP contribution in [0.25, 0.3) is 11.0 Å². The molecule has 1 aromatic heterocycles. The van der Waals surface area contributed by atoms with E-state index in [9.17, 15) is 4.79 Å². The van der Waals surface area contributed by atoms with Gasteiger partial charge in [0.15, 0.2) is 0 Å². The standard InChI is InChI=1S/C22H25N3O2/c1-16(26)24-13-11-18(12-14-24)25-21-6-4-3-5-20(21)23-22(25)15-17-7-9-19(27-2)10-8-17/h3-10,18H,11-15H2,1-2H3. The normalized spacial score (nSPS) is 15.3. The van der Waals surface area contributed by atoms with Crippen LogP contribution in [0.15, 0.2) is 48.5 Å². The van der Waals surface area contributed by atoms with E-state index in [4.69, 9.17) is 9.72 Å². The zero-order valence-corrected chi connectivity index (χ0v) is 15.9. The number of ether oxygens (including phenoxy) is 1. The Morgan fingerprint density at radius 3 is 2.48 bits per heavy atom. The largest absolute Gasteiger partial charge is 0.497 e. The summed E-state index contributed by atoms with van der Waals surface area (Å²) in [5.41, 5.74) is 3.44. The second-order valence-corrected chi connectivity index (χ2v) is 7.15. The zero-order chi connectivity index (χ0) is 18.8. The van der Waals surface area contributed by atoms with Crippen molar-refractivity contribution in [3.8, 4) is 5.75 Å². The molecule has 5 heteroatoms.